The van der Waals surface area contributed by atoms with Crippen LogP contribution in [-0.4, -0.2) is 10.5 Å². The number of fused-ring (bicyclic) bond motifs is 3. The maximum absolute atomic E-state index is 14.9. The summed E-state index contributed by atoms with van der Waals surface area (Å²) in [5.41, 5.74) is 7.31. The smallest absolute Gasteiger partial charge is 0.366 e. The van der Waals surface area contributed by atoms with E-state index >= 15 is 0 Å². The molecule has 3 nitrogen and oxygen atoms in total. The third kappa shape index (κ3) is 4.02. The molecular formula is C27H17ClF4N2O. The number of hydrogen-bond donors (Lipinski definition) is 1. The van der Waals surface area contributed by atoms with Gasteiger partial charge in [-0.05, 0) is 47.5 Å². The zero-order valence-electron chi connectivity index (χ0n) is 18.0. The first-order valence-electron chi connectivity index (χ1n) is 10.6. The number of nitrogens with two attached hydrogens (primary N) is 1. The molecule has 8 heteroatoms. The number of benzene rings is 4. The van der Waals surface area contributed by atoms with E-state index in [0.29, 0.717) is 32.9 Å². The molecule has 2 N–H and O–H groups in total. The fourth-order valence-corrected chi connectivity index (χ4v) is 4.56. The van der Waals surface area contributed by atoms with Crippen molar-refractivity contribution in [3.63, 3.8) is 0 Å². The summed E-state index contributed by atoms with van der Waals surface area (Å²) >= 11 is 6.01. The molecule has 0 aliphatic rings. The van der Waals surface area contributed by atoms with Crippen LogP contribution >= 0.6 is 11.6 Å². The monoisotopic (exact) mass is 496 g/mol. The lowest BCUT2D eigenvalue weighted by atomic mass is 10.0. The second-order valence-electron chi connectivity index (χ2n) is 8.17. The Morgan fingerprint density at radius 1 is 0.886 bits per heavy atom. The van der Waals surface area contributed by atoms with E-state index in [1.165, 1.54) is 12.1 Å². The number of aromatic nitrogens is 1. The van der Waals surface area contributed by atoms with Gasteiger partial charge >= 0.3 is 6.18 Å². The first-order chi connectivity index (χ1) is 16.6. The normalized spacial score (nSPS) is 11.9. The largest absolute Gasteiger partial charge is 0.419 e. The number of rotatable bonds is 4. The Morgan fingerprint density at radius 2 is 1.57 bits per heavy atom. The second kappa shape index (κ2) is 8.43. The van der Waals surface area contributed by atoms with Gasteiger partial charge in [0.25, 0.3) is 0 Å². The van der Waals surface area contributed by atoms with E-state index in [-0.39, 0.29) is 17.7 Å². The molecule has 5 rings (SSSR count). The number of amides is 1. The third-order valence-corrected chi connectivity index (χ3v) is 6.30. The van der Waals surface area contributed by atoms with Gasteiger partial charge in [0.15, 0.2) is 0 Å². The molecule has 0 saturated heterocycles. The molecule has 0 saturated carbocycles. The van der Waals surface area contributed by atoms with Gasteiger partial charge in [-0.15, -0.1) is 0 Å². The summed E-state index contributed by atoms with van der Waals surface area (Å²) in [6.45, 7) is -0.179. The van der Waals surface area contributed by atoms with Crippen LogP contribution in [-0.2, 0) is 12.7 Å². The maximum atomic E-state index is 14.9. The summed E-state index contributed by atoms with van der Waals surface area (Å²) in [5, 5.41) is 1.82. The van der Waals surface area contributed by atoms with Gasteiger partial charge in [0.2, 0.25) is 5.91 Å². The van der Waals surface area contributed by atoms with E-state index in [1.54, 1.807) is 34.9 Å². The number of halogens is 5. The van der Waals surface area contributed by atoms with Crippen LogP contribution in [0.15, 0.2) is 78.9 Å². The number of carbonyl (C=O) groups is 1. The molecule has 0 atom stereocenters. The van der Waals surface area contributed by atoms with Crippen LogP contribution in [0, 0.1) is 5.82 Å². The molecule has 0 spiro atoms. The number of nitrogens with zero attached hydrogens (tertiary/aromatic N) is 1. The second-order valence-corrected chi connectivity index (χ2v) is 8.60. The quantitative estimate of drug-likeness (QED) is 0.259. The first kappa shape index (κ1) is 22.9. The van der Waals surface area contributed by atoms with E-state index in [2.05, 4.69) is 0 Å². The molecular weight excluding hydrogens is 480 g/mol. The minimum atomic E-state index is -4.82. The third-order valence-electron chi connectivity index (χ3n) is 6.05. The Bertz CT molecular complexity index is 1600. The van der Waals surface area contributed by atoms with Crippen molar-refractivity contribution in [2.45, 2.75) is 12.7 Å². The number of hydrogen-bond acceptors (Lipinski definition) is 1. The van der Waals surface area contributed by atoms with Crippen molar-refractivity contribution < 1.29 is 22.4 Å². The van der Waals surface area contributed by atoms with Crippen molar-refractivity contribution in [2.24, 2.45) is 5.73 Å². The number of alkyl halides is 3. The lowest BCUT2D eigenvalue weighted by Gasteiger charge is -2.13. The molecule has 0 fully saturated rings. The average Bonchev–Trinajstić information content (AvgIpc) is 3.13. The molecule has 0 radical (unpaired) electrons. The molecule has 0 aliphatic heterocycles. The average molecular weight is 497 g/mol. The van der Waals surface area contributed by atoms with Gasteiger partial charge in [0.1, 0.15) is 5.82 Å². The highest BCUT2D eigenvalue weighted by molar-refractivity contribution is 6.30. The number of primary amides is 1. The van der Waals surface area contributed by atoms with Crippen molar-refractivity contribution in [1.29, 1.82) is 0 Å². The van der Waals surface area contributed by atoms with Gasteiger partial charge in [-0.1, -0.05) is 54.1 Å². The molecule has 0 bridgehead atoms. The zero-order valence-corrected chi connectivity index (χ0v) is 18.8. The molecule has 1 aromatic heterocycles. The van der Waals surface area contributed by atoms with Gasteiger partial charge in [0, 0.05) is 26.9 Å². The highest BCUT2D eigenvalue weighted by Crippen LogP contribution is 2.37. The molecule has 5 aromatic rings. The fourth-order valence-electron chi connectivity index (χ4n) is 4.43. The van der Waals surface area contributed by atoms with Gasteiger partial charge in [0.05, 0.1) is 23.1 Å². The summed E-state index contributed by atoms with van der Waals surface area (Å²) in [4.78, 5) is 12.2. The minimum absolute atomic E-state index is 0.125. The van der Waals surface area contributed by atoms with Crippen molar-refractivity contribution in [3.8, 4) is 11.1 Å². The Labute approximate surface area is 202 Å². The van der Waals surface area contributed by atoms with E-state index in [9.17, 15) is 22.4 Å². The highest BCUT2D eigenvalue weighted by atomic mass is 35.5. The molecule has 1 amide bonds. The predicted molar refractivity (Wildman–Crippen MR) is 129 cm³/mol. The van der Waals surface area contributed by atoms with Crippen LogP contribution in [0.5, 0.6) is 0 Å². The van der Waals surface area contributed by atoms with Gasteiger partial charge in [-0.2, -0.15) is 13.2 Å². The van der Waals surface area contributed by atoms with Gasteiger partial charge < -0.3 is 10.3 Å². The van der Waals surface area contributed by atoms with Crippen molar-refractivity contribution in [3.05, 3.63) is 106 Å². The van der Waals surface area contributed by atoms with E-state index < -0.39 is 23.5 Å². The summed E-state index contributed by atoms with van der Waals surface area (Å²) in [6.07, 6.45) is -4.82. The van der Waals surface area contributed by atoms with Crippen LogP contribution in [0.2, 0.25) is 5.02 Å². The minimum Gasteiger partial charge on any atom is -0.366 e. The van der Waals surface area contributed by atoms with Gasteiger partial charge in [-0.3, -0.25) is 4.79 Å². The molecule has 1 heterocycles. The summed E-state index contributed by atoms with van der Waals surface area (Å²) in [7, 11) is 0. The van der Waals surface area contributed by atoms with Crippen LogP contribution in [0.4, 0.5) is 17.6 Å². The molecule has 0 unspecified atom stereocenters. The molecule has 35 heavy (non-hydrogen) atoms. The van der Waals surface area contributed by atoms with E-state index in [1.807, 2.05) is 30.3 Å². The van der Waals surface area contributed by atoms with E-state index in [0.717, 1.165) is 11.1 Å². The van der Waals surface area contributed by atoms with Crippen LogP contribution in [0.1, 0.15) is 21.5 Å². The SMILES string of the molecule is NC(=O)c1cccc2c1c1ccc(-c3ccc(Cl)cc3)cc1n2Cc1cccc(C(F)(F)F)c1F. The van der Waals surface area contributed by atoms with Crippen LogP contribution in [0.3, 0.4) is 0 Å². The standard InChI is InChI=1S/C27H17ClF4N2O/c28-18-10-7-15(8-11-18)16-9-12-19-23(13-16)34(22-6-2-4-20(24(19)22)26(33)35)14-17-3-1-5-21(25(17)29)27(30,31)32/h1-13H,14H2,(H2,33,35). The van der Waals surface area contributed by atoms with Crippen molar-refractivity contribution in [1.82, 2.24) is 4.57 Å². The molecule has 4 aromatic carbocycles. The summed E-state index contributed by atoms with van der Waals surface area (Å²) < 4.78 is 56.6. The highest BCUT2D eigenvalue weighted by Gasteiger charge is 2.35. The predicted octanol–water partition coefficient (Wildman–Crippen LogP) is 7.42. The Hall–Kier alpha value is -3.84. The van der Waals surface area contributed by atoms with Crippen molar-refractivity contribution in [2.75, 3.05) is 0 Å². The Kier molecular flexibility index (Phi) is 5.52. The van der Waals surface area contributed by atoms with Gasteiger partial charge in [-0.25, -0.2) is 4.39 Å². The lowest BCUT2D eigenvalue weighted by molar-refractivity contribution is -0.140. The summed E-state index contributed by atoms with van der Waals surface area (Å²) in [6, 6.07) is 20.9. The topological polar surface area (TPSA) is 48.0 Å². The van der Waals surface area contributed by atoms with Crippen LogP contribution in [0.25, 0.3) is 32.9 Å². The fraction of sp³-hybridized carbons (Fsp3) is 0.0741. The van der Waals surface area contributed by atoms with Crippen molar-refractivity contribution >= 4 is 39.3 Å². The number of carbonyl (C=O) groups excluding carboxylic acids is 1. The lowest BCUT2D eigenvalue weighted by Crippen LogP contribution is -2.12. The Morgan fingerprint density at radius 3 is 2.26 bits per heavy atom. The van der Waals surface area contributed by atoms with E-state index in [4.69, 9.17) is 17.3 Å². The maximum Gasteiger partial charge on any atom is 0.419 e. The zero-order chi connectivity index (χ0) is 24.9. The summed E-state index contributed by atoms with van der Waals surface area (Å²) in [5.74, 6) is -1.96. The molecule has 0 aliphatic carbocycles. The van der Waals surface area contributed by atoms with Crippen LogP contribution < -0.4 is 5.73 Å². The molecule has 176 valence electrons. The Balaban J connectivity index is 1.78. The first-order valence-corrected chi connectivity index (χ1v) is 11.0.